The van der Waals surface area contributed by atoms with Gasteiger partial charge in [-0.15, -0.1) is 24.0 Å². The van der Waals surface area contributed by atoms with Gasteiger partial charge in [-0.3, -0.25) is 0 Å². The third kappa shape index (κ3) is 3.36. The Labute approximate surface area is 133 Å². The van der Waals surface area contributed by atoms with E-state index in [1.54, 1.807) is 5.38 Å². The normalized spacial score (nSPS) is 9.53. The number of carbonyl (C=O) groups excluding carboxylic acids is 1. The predicted octanol–water partition coefficient (Wildman–Crippen LogP) is 0.607. The summed E-state index contributed by atoms with van der Waals surface area (Å²) in [6, 6.07) is 9.62. The van der Waals surface area contributed by atoms with E-state index in [0.29, 0.717) is 5.56 Å². The molecule has 5 heteroatoms. The number of rotatable bonds is 2. The molecule has 17 heavy (non-hydrogen) atoms. The third-order valence-corrected chi connectivity index (χ3v) is 3.54. The zero-order valence-electron chi connectivity index (χ0n) is 10.6. The number of methoxy groups -OCH3 is 1. The van der Waals surface area contributed by atoms with Gasteiger partial charge in [-0.05, 0) is 12.1 Å². The second-order valence-electron chi connectivity index (χ2n) is 3.21. The third-order valence-electron chi connectivity index (χ3n) is 2.19. The number of hydrogen-bond donors (Lipinski definition) is 1. The van der Waals surface area contributed by atoms with Crippen molar-refractivity contribution in [1.82, 2.24) is 0 Å². The van der Waals surface area contributed by atoms with Crippen LogP contribution in [0.15, 0.2) is 40.6 Å². The minimum absolute atomic E-state index is 0. The van der Waals surface area contributed by atoms with Gasteiger partial charge in [0.1, 0.15) is 0 Å². The molecule has 0 spiro atoms. The molecule has 0 aliphatic rings. The number of thiophene rings is 1. The van der Waals surface area contributed by atoms with Crippen LogP contribution in [-0.4, -0.2) is 13.1 Å². The minimum Gasteiger partial charge on any atom is -1.00 e. The van der Waals surface area contributed by atoms with Crippen LogP contribution in [-0.2, 0) is 4.74 Å². The molecule has 0 unspecified atom stereocenters. The monoisotopic (exact) mass is 274 g/mol. The molecule has 0 saturated heterocycles. The Hall–Kier alpha value is -0.260. The molecule has 1 aromatic heterocycles. The van der Waals surface area contributed by atoms with Crippen LogP contribution in [0.4, 0.5) is 0 Å². The van der Waals surface area contributed by atoms with Gasteiger partial charge >= 0.3 is 35.5 Å². The Morgan fingerprint density at radius 3 is 2.76 bits per heavy atom. The van der Waals surface area contributed by atoms with E-state index in [1.807, 2.05) is 30.3 Å². The van der Waals surface area contributed by atoms with Crippen molar-refractivity contribution in [3.63, 3.8) is 0 Å². The first-order chi connectivity index (χ1) is 7.72. The van der Waals surface area contributed by atoms with Crippen LogP contribution >= 0.6 is 24.0 Å². The Morgan fingerprint density at radius 2 is 2.12 bits per heavy atom. The Bertz CT molecular complexity index is 528. The Balaban J connectivity index is 0.00000144. The first-order valence-corrected chi connectivity index (χ1v) is 6.00. The van der Waals surface area contributed by atoms with Crippen molar-refractivity contribution in [2.75, 3.05) is 7.11 Å². The van der Waals surface area contributed by atoms with Crippen molar-refractivity contribution in [2.45, 2.75) is 4.90 Å². The molecule has 0 fully saturated rings. The van der Waals surface area contributed by atoms with Crippen molar-refractivity contribution in [3.8, 4) is 10.4 Å². The fraction of sp³-hybridized carbons (Fsp3) is 0.0833. The minimum atomic E-state index is -0.306. The topological polar surface area (TPSA) is 26.3 Å². The van der Waals surface area contributed by atoms with Crippen molar-refractivity contribution < 1.29 is 40.5 Å². The van der Waals surface area contributed by atoms with Crippen LogP contribution < -0.4 is 29.6 Å². The van der Waals surface area contributed by atoms with E-state index in [2.05, 4.69) is 17.4 Å². The van der Waals surface area contributed by atoms with Crippen molar-refractivity contribution in [1.29, 1.82) is 0 Å². The fourth-order valence-electron chi connectivity index (χ4n) is 1.38. The predicted molar refractivity (Wildman–Crippen MR) is 69.5 cm³/mol. The molecule has 84 valence electrons. The van der Waals surface area contributed by atoms with Crippen LogP contribution in [0.2, 0.25) is 0 Å². The average Bonchev–Trinajstić information content (AvgIpc) is 2.78. The zero-order chi connectivity index (χ0) is 11.5. The molecule has 2 aromatic rings. The fourth-order valence-corrected chi connectivity index (χ4v) is 2.66. The van der Waals surface area contributed by atoms with Gasteiger partial charge in [-0.1, -0.05) is 18.2 Å². The van der Waals surface area contributed by atoms with Crippen LogP contribution in [0.5, 0.6) is 0 Å². The largest absolute Gasteiger partial charge is 1.00 e. The number of ether oxygens (including phenoxy) is 1. The quantitative estimate of drug-likeness (QED) is 0.493. The molecule has 0 atom stereocenters. The summed E-state index contributed by atoms with van der Waals surface area (Å²) >= 11 is 5.89. The summed E-state index contributed by atoms with van der Waals surface area (Å²) in [4.78, 5) is 13.2. The van der Waals surface area contributed by atoms with E-state index < -0.39 is 0 Å². The van der Waals surface area contributed by atoms with Gasteiger partial charge < -0.3 is 6.16 Å². The number of thiol groups is 1. The van der Waals surface area contributed by atoms with Crippen LogP contribution in [0.25, 0.3) is 10.4 Å². The molecule has 0 aliphatic carbocycles. The Morgan fingerprint density at radius 1 is 1.41 bits per heavy atom. The van der Waals surface area contributed by atoms with Crippen LogP contribution in [0.1, 0.15) is 11.8 Å². The van der Waals surface area contributed by atoms with E-state index in [1.165, 1.54) is 18.4 Å². The molecule has 2 nitrogen and oxygen atoms in total. The summed E-state index contributed by atoms with van der Waals surface area (Å²) in [5.74, 6) is -0.306. The Kier molecular flexibility index (Phi) is 5.76. The summed E-state index contributed by atoms with van der Waals surface area (Å²) < 4.78 is 4.66. The van der Waals surface area contributed by atoms with E-state index in [-0.39, 0.29) is 37.0 Å². The van der Waals surface area contributed by atoms with E-state index >= 15 is 0 Å². The number of hydrogen-bond acceptors (Lipinski definition) is 4. The van der Waals surface area contributed by atoms with E-state index in [4.69, 9.17) is 0 Å². The van der Waals surface area contributed by atoms with E-state index in [0.717, 1.165) is 15.3 Å². The molecule has 0 bridgehead atoms. The molecule has 0 aliphatic heterocycles. The summed E-state index contributed by atoms with van der Waals surface area (Å²) in [7, 11) is 1.38. The van der Waals surface area contributed by atoms with Gasteiger partial charge in [0.2, 0.25) is 0 Å². The zero-order valence-corrected chi connectivity index (χ0v) is 13.3. The van der Waals surface area contributed by atoms with Gasteiger partial charge in [0.15, 0.2) is 0 Å². The molecule has 0 amide bonds. The molecule has 0 N–H and O–H groups in total. The van der Waals surface area contributed by atoms with Gasteiger partial charge in [0, 0.05) is 20.7 Å². The number of carbonyl (C=O) groups is 1. The maximum Gasteiger partial charge on any atom is 1.00 e. The second-order valence-corrected chi connectivity index (χ2v) is 4.60. The molecule has 1 heterocycles. The van der Waals surface area contributed by atoms with Gasteiger partial charge in [-0.25, -0.2) is 4.79 Å². The summed E-state index contributed by atoms with van der Waals surface area (Å²) in [5, 5.41) is 1.79. The maximum absolute atomic E-state index is 11.3. The van der Waals surface area contributed by atoms with Gasteiger partial charge in [0.25, 0.3) is 0 Å². The summed E-state index contributed by atoms with van der Waals surface area (Å²) in [6.07, 6.45) is 0. The van der Waals surface area contributed by atoms with Gasteiger partial charge in [-0.2, -0.15) is 0 Å². The first-order valence-electron chi connectivity index (χ1n) is 4.67. The SMILES string of the molecule is COC(=O)c1csc(-c2ccccc2S)c1.[H-].[Na+]. The average molecular weight is 274 g/mol. The molecular formula is C12H11NaO2S2. The molecule has 2 rings (SSSR count). The maximum atomic E-state index is 11.3. The number of esters is 1. The molecule has 0 radical (unpaired) electrons. The van der Waals surface area contributed by atoms with Crippen LogP contribution in [0.3, 0.4) is 0 Å². The smallest absolute Gasteiger partial charge is 1.00 e. The van der Waals surface area contributed by atoms with Crippen molar-refractivity contribution in [3.05, 3.63) is 41.3 Å². The van der Waals surface area contributed by atoms with Gasteiger partial charge in [0.05, 0.1) is 12.7 Å². The second kappa shape index (κ2) is 6.61. The molecular weight excluding hydrogens is 263 g/mol. The summed E-state index contributed by atoms with van der Waals surface area (Å²) in [6.45, 7) is 0. The van der Waals surface area contributed by atoms with Crippen molar-refractivity contribution in [2.24, 2.45) is 0 Å². The summed E-state index contributed by atoms with van der Waals surface area (Å²) in [5.41, 5.74) is 1.62. The number of benzene rings is 1. The molecule has 1 aromatic carbocycles. The van der Waals surface area contributed by atoms with E-state index in [9.17, 15) is 4.79 Å². The standard InChI is InChI=1S/C12H10O2S2.Na.H/c1-14-12(13)8-6-11(16-7-8)9-4-2-3-5-10(9)15;;/h2-7,15H,1H3;;/q;+1;-1. The first kappa shape index (κ1) is 14.8. The molecule has 0 saturated carbocycles. The van der Waals surface area contributed by atoms with Crippen molar-refractivity contribution >= 4 is 29.9 Å². The van der Waals surface area contributed by atoms with Crippen LogP contribution in [0, 0.1) is 0 Å².